The maximum atomic E-state index is 13.0. The number of para-hydroxylation sites is 1. The van der Waals surface area contributed by atoms with Gasteiger partial charge in [-0.2, -0.15) is 0 Å². The first-order chi connectivity index (χ1) is 14.7. The van der Waals surface area contributed by atoms with Crippen molar-refractivity contribution in [1.29, 1.82) is 0 Å². The van der Waals surface area contributed by atoms with Crippen molar-refractivity contribution in [2.45, 2.75) is 38.7 Å². The van der Waals surface area contributed by atoms with Gasteiger partial charge in [-0.1, -0.05) is 42.0 Å². The lowest BCUT2D eigenvalue weighted by Gasteiger charge is -2.16. The normalized spacial score (nSPS) is 12.1. The molecule has 0 bridgehead atoms. The molecule has 0 aliphatic carbocycles. The van der Waals surface area contributed by atoms with E-state index in [1.165, 1.54) is 6.07 Å². The molecule has 0 saturated carbocycles. The third-order valence-electron chi connectivity index (χ3n) is 4.80. The summed E-state index contributed by atoms with van der Waals surface area (Å²) in [7, 11) is -3.84. The van der Waals surface area contributed by atoms with Crippen LogP contribution in [0.4, 0.5) is 11.4 Å². The van der Waals surface area contributed by atoms with Gasteiger partial charge in [0.05, 0.1) is 10.6 Å². The predicted octanol–water partition coefficient (Wildman–Crippen LogP) is 4.82. The summed E-state index contributed by atoms with van der Waals surface area (Å²) >= 11 is 0. The SMILES string of the molecule is Cc1ccc(NS(=O)(=O)c2cc(NC(=O)C(C)Oc3ccccc3)ccc2C)c(C)c1. The van der Waals surface area contributed by atoms with Crippen LogP contribution in [0.2, 0.25) is 0 Å². The number of carbonyl (C=O) groups excluding carboxylic acids is 1. The molecular formula is C24H26N2O4S. The summed E-state index contributed by atoms with van der Waals surface area (Å²) < 4.78 is 34.3. The molecule has 3 aromatic carbocycles. The third-order valence-corrected chi connectivity index (χ3v) is 6.30. The zero-order valence-electron chi connectivity index (χ0n) is 18.0. The number of nitrogens with one attached hydrogen (secondary N) is 2. The molecule has 0 heterocycles. The quantitative estimate of drug-likeness (QED) is 0.554. The molecular weight excluding hydrogens is 412 g/mol. The molecule has 162 valence electrons. The van der Waals surface area contributed by atoms with Crippen LogP contribution in [0.3, 0.4) is 0 Å². The van der Waals surface area contributed by atoms with Crippen molar-refractivity contribution in [3.05, 3.63) is 83.4 Å². The molecule has 0 spiro atoms. The van der Waals surface area contributed by atoms with Gasteiger partial charge in [0.15, 0.2) is 6.10 Å². The van der Waals surface area contributed by atoms with Gasteiger partial charge < -0.3 is 10.1 Å². The van der Waals surface area contributed by atoms with E-state index in [1.807, 2.05) is 44.2 Å². The number of anilines is 2. The molecule has 1 atom stereocenters. The van der Waals surface area contributed by atoms with Gasteiger partial charge in [-0.3, -0.25) is 9.52 Å². The Morgan fingerprint density at radius 3 is 2.29 bits per heavy atom. The minimum absolute atomic E-state index is 0.0990. The maximum absolute atomic E-state index is 13.0. The number of sulfonamides is 1. The standard InChI is InChI=1S/C24H26N2O4S/c1-16-10-13-22(18(3)14-16)26-31(28,29)23-15-20(12-11-17(23)2)25-24(27)19(4)30-21-8-6-5-7-9-21/h5-15,19,26H,1-4H3,(H,25,27). The van der Waals surface area contributed by atoms with Crippen molar-refractivity contribution in [3.63, 3.8) is 0 Å². The van der Waals surface area contributed by atoms with Gasteiger partial charge >= 0.3 is 0 Å². The van der Waals surface area contributed by atoms with Gasteiger partial charge in [-0.15, -0.1) is 0 Å². The minimum atomic E-state index is -3.84. The van der Waals surface area contributed by atoms with Crippen molar-refractivity contribution >= 4 is 27.3 Å². The molecule has 0 saturated heterocycles. The van der Waals surface area contributed by atoms with E-state index in [2.05, 4.69) is 10.0 Å². The monoisotopic (exact) mass is 438 g/mol. The fraction of sp³-hybridized carbons (Fsp3) is 0.208. The van der Waals surface area contributed by atoms with Crippen LogP contribution in [-0.4, -0.2) is 20.4 Å². The Bertz CT molecular complexity index is 1190. The highest BCUT2D eigenvalue weighted by Gasteiger charge is 2.20. The zero-order valence-corrected chi connectivity index (χ0v) is 18.8. The van der Waals surface area contributed by atoms with Crippen molar-refractivity contribution < 1.29 is 17.9 Å². The summed E-state index contributed by atoms with van der Waals surface area (Å²) in [6.07, 6.45) is -0.753. The van der Waals surface area contributed by atoms with Gasteiger partial charge in [-0.25, -0.2) is 8.42 Å². The largest absolute Gasteiger partial charge is 0.481 e. The molecule has 0 aliphatic heterocycles. The predicted molar refractivity (Wildman–Crippen MR) is 123 cm³/mol. The fourth-order valence-corrected chi connectivity index (χ4v) is 4.50. The highest BCUT2D eigenvalue weighted by Crippen LogP contribution is 2.25. The first-order valence-electron chi connectivity index (χ1n) is 9.89. The summed E-state index contributed by atoms with van der Waals surface area (Å²) in [6.45, 7) is 7.14. The summed E-state index contributed by atoms with van der Waals surface area (Å²) in [5.41, 5.74) is 3.35. The van der Waals surface area contributed by atoms with Crippen LogP contribution in [-0.2, 0) is 14.8 Å². The molecule has 1 unspecified atom stereocenters. The van der Waals surface area contributed by atoms with Crippen LogP contribution < -0.4 is 14.8 Å². The molecule has 31 heavy (non-hydrogen) atoms. The van der Waals surface area contributed by atoms with Crippen LogP contribution in [0.25, 0.3) is 0 Å². The van der Waals surface area contributed by atoms with E-state index in [0.717, 1.165) is 11.1 Å². The van der Waals surface area contributed by atoms with Crippen molar-refractivity contribution in [2.24, 2.45) is 0 Å². The Morgan fingerprint density at radius 2 is 1.61 bits per heavy atom. The average molecular weight is 439 g/mol. The summed E-state index contributed by atoms with van der Waals surface area (Å²) in [4.78, 5) is 12.6. The zero-order chi connectivity index (χ0) is 22.6. The van der Waals surface area contributed by atoms with Crippen molar-refractivity contribution in [2.75, 3.05) is 10.0 Å². The van der Waals surface area contributed by atoms with E-state index in [0.29, 0.717) is 22.7 Å². The lowest BCUT2D eigenvalue weighted by atomic mass is 10.1. The minimum Gasteiger partial charge on any atom is -0.481 e. The third kappa shape index (κ3) is 5.64. The molecule has 6 nitrogen and oxygen atoms in total. The lowest BCUT2D eigenvalue weighted by Crippen LogP contribution is -2.30. The number of amides is 1. The molecule has 0 radical (unpaired) electrons. The van der Waals surface area contributed by atoms with Crippen molar-refractivity contribution in [1.82, 2.24) is 0 Å². The molecule has 0 aromatic heterocycles. The number of rotatable bonds is 7. The number of aryl methyl sites for hydroxylation is 3. The highest BCUT2D eigenvalue weighted by atomic mass is 32.2. The van der Waals surface area contributed by atoms with E-state index in [4.69, 9.17) is 4.74 Å². The lowest BCUT2D eigenvalue weighted by molar-refractivity contribution is -0.122. The number of hydrogen-bond donors (Lipinski definition) is 2. The van der Waals surface area contributed by atoms with Crippen LogP contribution >= 0.6 is 0 Å². The highest BCUT2D eigenvalue weighted by molar-refractivity contribution is 7.92. The Morgan fingerprint density at radius 1 is 0.903 bits per heavy atom. The molecule has 0 aliphatic rings. The average Bonchev–Trinajstić information content (AvgIpc) is 2.72. The second kappa shape index (κ2) is 9.22. The van der Waals surface area contributed by atoms with Gasteiger partial charge in [0.1, 0.15) is 5.75 Å². The van der Waals surface area contributed by atoms with E-state index < -0.39 is 16.1 Å². The van der Waals surface area contributed by atoms with Gasteiger partial charge in [-0.05, 0) is 69.2 Å². The summed E-state index contributed by atoms with van der Waals surface area (Å²) in [5.74, 6) is 0.202. The first kappa shape index (κ1) is 22.4. The Kier molecular flexibility index (Phi) is 6.65. The second-order valence-electron chi connectivity index (χ2n) is 7.47. The molecule has 3 aromatic rings. The molecule has 7 heteroatoms. The maximum Gasteiger partial charge on any atom is 0.265 e. The smallest absolute Gasteiger partial charge is 0.265 e. The Hall–Kier alpha value is -3.32. The number of carbonyl (C=O) groups is 1. The number of benzene rings is 3. The van der Waals surface area contributed by atoms with Gasteiger partial charge in [0.2, 0.25) is 0 Å². The van der Waals surface area contributed by atoms with Gasteiger partial charge in [0.25, 0.3) is 15.9 Å². The topological polar surface area (TPSA) is 84.5 Å². The van der Waals surface area contributed by atoms with E-state index in [-0.39, 0.29) is 10.8 Å². The second-order valence-corrected chi connectivity index (χ2v) is 9.12. The van der Waals surface area contributed by atoms with E-state index >= 15 is 0 Å². The number of ether oxygens (including phenoxy) is 1. The molecule has 1 amide bonds. The van der Waals surface area contributed by atoms with E-state index in [1.54, 1.807) is 44.2 Å². The Labute approximate surface area is 183 Å². The van der Waals surface area contributed by atoms with Crippen LogP contribution in [0, 0.1) is 20.8 Å². The Balaban J connectivity index is 1.78. The molecule has 2 N–H and O–H groups in total. The molecule has 0 fully saturated rings. The number of hydrogen-bond acceptors (Lipinski definition) is 4. The van der Waals surface area contributed by atoms with Crippen LogP contribution in [0.1, 0.15) is 23.6 Å². The summed E-state index contributed by atoms with van der Waals surface area (Å²) in [5, 5.41) is 2.73. The van der Waals surface area contributed by atoms with Gasteiger partial charge in [0, 0.05) is 5.69 Å². The van der Waals surface area contributed by atoms with Crippen LogP contribution in [0.15, 0.2) is 71.6 Å². The van der Waals surface area contributed by atoms with Crippen LogP contribution in [0.5, 0.6) is 5.75 Å². The van der Waals surface area contributed by atoms with E-state index in [9.17, 15) is 13.2 Å². The first-order valence-corrected chi connectivity index (χ1v) is 11.4. The fourth-order valence-electron chi connectivity index (χ4n) is 3.10. The van der Waals surface area contributed by atoms with Crippen molar-refractivity contribution in [3.8, 4) is 5.75 Å². The summed E-state index contributed by atoms with van der Waals surface area (Å²) in [6, 6.07) is 19.3. The molecule has 3 rings (SSSR count).